The van der Waals surface area contributed by atoms with Crippen molar-refractivity contribution in [3.05, 3.63) is 59.7 Å². The van der Waals surface area contributed by atoms with Gasteiger partial charge >= 0.3 is 11.9 Å². The Hall–Kier alpha value is -3.46. The van der Waals surface area contributed by atoms with Gasteiger partial charge in [-0.3, -0.25) is 4.79 Å². The predicted octanol–water partition coefficient (Wildman–Crippen LogP) is -2.00. The van der Waals surface area contributed by atoms with Crippen LogP contribution in [0.3, 0.4) is 0 Å². The summed E-state index contributed by atoms with van der Waals surface area (Å²) < 4.78 is 32.4. The van der Waals surface area contributed by atoms with Crippen molar-refractivity contribution in [2.24, 2.45) is 5.92 Å². The molecule has 0 amide bonds. The number of carbonyl (C=O) groups excluding carboxylic acids is 2. The molecule has 51 heavy (non-hydrogen) atoms. The molecular formula is C34H46O17. The smallest absolute Gasteiger partial charge is 0.339 e. The molecule has 2 aromatic rings. The fourth-order valence-electron chi connectivity index (χ4n) is 5.42. The van der Waals surface area contributed by atoms with Crippen LogP contribution in [0.15, 0.2) is 48.5 Å². The fraction of sp³-hybridized carbons (Fsp3) is 0.588. The molecule has 2 fully saturated rings. The number of carbonyl (C=O) groups is 2. The van der Waals surface area contributed by atoms with Crippen LogP contribution in [0.4, 0.5) is 0 Å². The zero-order valence-corrected chi connectivity index (χ0v) is 28.0. The maximum Gasteiger partial charge on any atom is 0.339 e. The van der Waals surface area contributed by atoms with Gasteiger partial charge in [0.25, 0.3) is 0 Å². The van der Waals surface area contributed by atoms with Gasteiger partial charge in [0.05, 0.1) is 19.6 Å². The topological polar surface area (TPSA) is 272 Å². The summed E-state index contributed by atoms with van der Waals surface area (Å²) in [5.74, 6) is -2.19. The summed E-state index contributed by atoms with van der Waals surface area (Å²) in [7, 11) is 0. The summed E-state index contributed by atoms with van der Waals surface area (Å²) in [6, 6.07) is 12.0. The molecule has 0 bridgehead atoms. The number of hydrogen-bond acceptors (Lipinski definition) is 17. The van der Waals surface area contributed by atoms with E-state index in [1.54, 1.807) is 26.0 Å². The molecule has 0 aromatic heterocycles. The molecule has 2 aliphatic heterocycles. The lowest BCUT2D eigenvalue weighted by Gasteiger charge is -2.39. The molecule has 4 unspecified atom stereocenters. The first-order valence-electron chi connectivity index (χ1n) is 16.4. The van der Waals surface area contributed by atoms with Crippen molar-refractivity contribution >= 4 is 11.9 Å². The number of hydrogen-bond donors (Lipinski definition) is 9. The van der Waals surface area contributed by atoms with Gasteiger partial charge in [-0.1, -0.05) is 44.5 Å². The molecule has 284 valence electrons. The maximum absolute atomic E-state index is 13.1. The zero-order chi connectivity index (χ0) is 37.5. The van der Waals surface area contributed by atoms with Crippen LogP contribution < -0.4 is 9.47 Å². The van der Waals surface area contributed by atoms with Crippen molar-refractivity contribution in [3.63, 3.8) is 0 Å². The van der Waals surface area contributed by atoms with Crippen LogP contribution in [0.1, 0.15) is 37.8 Å². The van der Waals surface area contributed by atoms with Gasteiger partial charge in [-0.15, -0.1) is 0 Å². The summed E-state index contributed by atoms with van der Waals surface area (Å²) >= 11 is 0. The van der Waals surface area contributed by atoms with Crippen LogP contribution in [-0.2, 0) is 41.8 Å². The molecule has 0 saturated carbocycles. The zero-order valence-electron chi connectivity index (χ0n) is 28.0. The lowest BCUT2D eigenvalue weighted by atomic mass is 9.84. The standard InChI is InChI=1S/C34H46O17/c1-3-17(2)34(45,33(44)47-16-19-6-10-21(11-7-19)49-32-30(43)28(41)26(39)23(14-36)51-32)12-24(37)46-15-18-4-8-20(9-5-18)48-31-29(42)27(40)25(38)22(13-35)50-31/h4-11,17,22-23,25-32,35-36,38-43,45H,3,12-16H2,1-2H3/t17?,22-,23-,25-,26-,27+,28+,29-,30-,31?,32?,34?/m0/s1. The van der Waals surface area contributed by atoms with Gasteiger partial charge in [-0.05, 0) is 41.3 Å². The number of aliphatic hydroxyl groups excluding tert-OH is 8. The van der Waals surface area contributed by atoms with Crippen molar-refractivity contribution < 1.29 is 84.0 Å². The summed E-state index contributed by atoms with van der Waals surface area (Å²) in [6.07, 6.45) is -14.9. The van der Waals surface area contributed by atoms with Crippen LogP contribution in [0.25, 0.3) is 0 Å². The second-order valence-corrected chi connectivity index (χ2v) is 12.6. The average Bonchev–Trinajstić information content (AvgIpc) is 3.13. The Labute approximate surface area is 293 Å². The van der Waals surface area contributed by atoms with Gasteiger partial charge in [0.2, 0.25) is 12.6 Å². The second kappa shape index (κ2) is 17.8. The molecule has 0 spiro atoms. The highest BCUT2D eigenvalue weighted by Gasteiger charge is 2.47. The van der Waals surface area contributed by atoms with Gasteiger partial charge < -0.3 is 74.4 Å². The predicted molar refractivity (Wildman–Crippen MR) is 170 cm³/mol. The molecule has 17 heteroatoms. The molecule has 12 atom stereocenters. The van der Waals surface area contributed by atoms with Crippen molar-refractivity contribution in [1.29, 1.82) is 0 Å². The quantitative estimate of drug-likeness (QED) is 0.0898. The van der Waals surface area contributed by atoms with E-state index in [1.165, 1.54) is 36.4 Å². The Morgan fingerprint density at radius 2 is 1.10 bits per heavy atom. The number of esters is 2. The van der Waals surface area contributed by atoms with Crippen molar-refractivity contribution in [1.82, 2.24) is 0 Å². The van der Waals surface area contributed by atoms with E-state index in [2.05, 4.69) is 0 Å². The van der Waals surface area contributed by atoms with E-state index in [9.17, 15) is 55.5 Å². The lowest BCUT2D eigenvalue weighted by molar-refractivity contribution is -0.277. The lowest BCUT2D eigenvalue weighted by Crippen LogP contribution is -2.60. The van der Waals surface area contributed by atoms with E-state index in [1.807, 2.05) is 0 Å². The largest absolute Gasteiger partial charge is 0.462 e. The van der Waals surface area contributed by atoms with Gasteiger partial charge in [-0.25, -0.2) is 4.79 Å². The third-order valence-corrected chi connectivity index (χ3v) is 9.01. The van der Waals surface area contributed by atoms with Crippen LogP contribution in [0.5, 0.6) is 11.5 Å². The highest BCUT2D eigenvalue weighted by molar-refractivity contribution is 5.86. The van der Waals surface area contributed by atoms with Crippen LogP contribution >= 0.6 is 0 Å². The maximum atomic E-state index is 13.1. The first-order valence-corrected chi connectivity index (χ1v) is 16.4. The van der Waals surface area contributed by atoms with Crippen LogP contribution in [0.2, 0.25) is 0 Å². The van der Waals surface area contributed by atoms with Crippen LogP contribution in [-0.4, -0.2) is 138 Å². The summed E-state index contributed by atoms with van der Waals surface area (Å²) in [5, 5.41) is 90.1. The highest BCUT2D eigenvalue weighted by Crippen LogP contribution is 2.29. The number of benzene rings is 2. The molecule has 2 aliphatic rings. The number of rotatable bonds is 15. The van der Waals surface area contributed by atoms with E-state index < -0.39 is 105 Å². The number of aliphatic hydroxyl groups is 9. The second-order valence-electron chi connectivity index (χ2n) is 12.6. The Kier molecular flexibility index (Phi) is 14.1. The molecular weight excluding hydrogens is 680 g/mol. The SMILES string of the molecule is CCC(C)C(O)(CC(=O)OCc1ccc(OC2O[C@@H](CO)[C@H](O)[C@@H](O)[C@@H]2O)cc1)C(=O)OCc1ccc(OC2O[C@@H](CO)[C@H](O)[C@@H](O)[C@@H]2O)cc1. The van der Waals surface area contributed by atoms with Crippen molar-refractivity contribution in [2.45, 2.75) is 107 Å². The van der Waals surface area contributed by atoms with Gasteiger partial charge in [0.1, 0.15) is 73.5 Å². The fourth-order valence-corrected chi connectivity index (χ4v) is 5.42. The monoisotopic (exact) mass is 726 g/mol. The molecule has 17 nitrogen and oxygen atoms in total. The summed E-state index contributed by atoms with van der Waals surface area (Å²) in [6.45, 7) is 1.61. The third kappa shape index (κ3) is 9.70. The molecule has 0 aliphatic carbocycles. The van der Waals surface area contributed by atoms with Crippen LogP contribution in [0, 0.1) is 5.92 Å². The van der Waals surface area contributed by atoms with Gasteiger partial charge in [0.15, 0.2) is 5.60 Å². The Bertz CT molecular complexity index is 1400. The molecule has 4 rings (SSSR count). The van der Waals surface area contributed by atoms with Crippen molar-refractivity contribution in [2.75, 3.05) is 13.2 Å². The summed E-state index contributed by atoms with van der Waals surface area (Å²) in [4.78, 5) is 25.9. The molecule has 2 heterocycles. The minimum absolute atomic E-state index is 0.198. The average molecular weight is 727 g/mol. The van der Waals surface area contributed by atoms with E-state index in [4.69, 9.17) is 28.4 Å². The first-order chi connectivity index (χ1) is 24.2. The molecule has 0 radical (unpaired) electrons. The Morgan fingerprint density at radius 1 is 0.686 bits per heavy atom. The van der Waals surface area contributed by atoms with E-state index in [0.717, 1.165) is 0 Å². The van der Waals surface area contributed by atoms with Crippen molar-refractivity contribution in [3.8, 4) is 11.5 Å². The van der Waals surface area contributed by atoms with E-state index in [0.29, 0.717) is 17.5 Å². The van der Waals surface area contributed by atoms with E-state index in [-0.39, 0.29) is 24.7 Å². The Morgan fingerprint density at radius 3 is 1.49 bits per heavy atom. The summed E-state index contributed by atoms with van der Waals surface area (Å²) in [5.41, 5.74) is -1.21. The Balaban J connectivity index is 1.28. The van der Waals surface area contributed by atoms with Gasteiger partial charge in [0, 0.05) is 0 Å². The first kappa shape index (κ1) is 40.3. The normalized spacial score (nSPS) is 31.2. The minimum Gasteiger partial charge on any atom is -0.462 e. The number of ether oxygens (including phenoxy) is 6. The minimum atomic E-state index is -2.21. The molecule has 2 aromatic carbocycles. The van der Waals surface area contributed by atoms with E-state index >= 15 is 0 Å². The highest BCUT2D eigenvalue weighted by atomic mass is 16.7. The molecule has 2 saturated heterocycles. The third-order valence-electron chi connectivity index (χ3n) is 9.01. The van der Waals surface area contributed by atoms with Gasteiger partial charge in [-0.2, -0.15) is 0 Å². The molecule has 9 N–H and O–H groups in total.